The van der Waals surface area contributed by atoms with E-state index >= 15 is 0 Å². The maximum absolute atomic E-state index is 11.7. The molecule has 0 aliphatic heterocycles. The lowest BCUT2D eigenvalue weighted by Crippen LogP contribution is -2.12. The predicted octanol–water partition coefficient (Wildman–Crippen LogP) is 0.986. The minimum absolute atomic E-state index is 0.0276. The van der Waals surface area contributed by atoms with Gasteiger partial charge >= 0.3 is 0 Å². The fourth-order valence-corrected chi connectivity index (χ4v) is 2.10. The monoisotopic (exact) mass is 290 g/mol. The molecule has 5 N–H and O–H groups in total. The molecule has 102 valence electrons. The number of hydrogen-bond acceptors (Lipinski definition) is 5. The van der Waals surface area contributed by atoms with Crippen molar-refractivity contribution >= 4 is 34.7 Å². The van der Waals surface area contributed by atoms with Crippen LogP contribution in [0.1, 0.15) is 5.56 Å². The molecule has 8 heteroatoms. The SMILES string of the molecule is Nc1nc2c(nc(N)n2Cc2ccc(Cl)cc2)c(=O)[nH]1. The van der Waals surface area contributed by atoms with Gasteiger partial charge in [0.1, 0.15) is 0 Å². The van der Waals surface area contributed by atoms with Crippen molar-refractivity contribution in [3.05, 3.63) is 45.2 Å². The molecule has 3 rings (SSSR count). The first kappa shape index (κ1) is 12.5. The van der Waals surface area contributed by atoms with Crippen LogP contribution in [-0.4, -0.2) is 19.5 Å². The molecule has 0 aliphatic carbocycles. The van der Waals surface area contributed by atoms with Crippen LogP contribution in [0.3, 0.4) is 0 Å². The third kappa shape index (κ3) is 2.08. The summed E-state index contributed by atoms with van der Waals surface area (Å²) in [7, 11) is 0. The highest BCUT2D eigenvalue weighted by atomic mass is 35.5. The molecule has 0 spiro atoms. The minimum Gasteiger partial charge on any atom is -0.369 e. The summed E-state index contributed by atoms with van der Waals surface area (Å²) in [4.78, 5) is 22.2. The molecule has 20 heavy (non-hydrogen) atoms. The minimum atomic E-state index is -0.408. The molecule has 0 fully saturated rings. The first-order valence-corrected chi connectivity index (χ1v) is 6.18. The van der Waals surface area contributed by atoms with Crippen LogP contribution in [0.4, 0.5) is 11.9 Å². The van der Waals surface area contributed by atoms with Crippen LogP contribution in [0.15, 0.2) is 29.1 Å². The van der Waals surface area contributed by atoms with Gasteiger partial charge < -0.3 is 11.5 Å². The number of anilines is 2. The number of rotatable bonds is 2. The normalized spacial score (nSPS) is 11.1. The Kier molecular flexibility index (Phi) is 2.83. The third-order valence-electron chi connectivity index (χ3n) is 2.91. The molecule has 0 unspecified atom stereocenters. The van der Waals surface area contributed by atoms with E-state index in [1.807, 2.05) is 12.1 Å². The second kappa shape index (κ2) is 4.53. The average molecular weight is 291 g/mol. The Labute approximate surface area is 118 Å². The van der Waals surface area contributed by atoms with E-state index in [0.717, 1.165) is 5.56 Å². The molecule has 0 aliphatic rings. The zero-order valence-corrected chi connectivity index (χ0v) is 11.1. The second-order valence-electron chi connectivity index (χ2n) is 4.31. The van der Waals surface area contributed by atoms with Crippen LogP contribution in [0.2, 0.25) is 5.02 Å². The number of fused-ring (bicyclic) bond motifs is 1. The van der Waals surface area contributed by atoms with E-state index in [4.69, 9.17) is 23.1 Å². The largest absolute Gasteiger partial charge is 0.369 e. The number of H-pyrrole nitrogens is 1. The van der Waals surface area contributed by atoms with E-state index in [9.17, 15) is 4.79 Å². The number of aromatic nitrogens is 4. The van der Waals surface area contributed by atoms with E-state index in [0.29, 0.717) is 17.2 Å². The van der Waals surface area contributed by atoms with E-state index in [2.05, 4.69) is 15.0 Å². The zero-order chi connectivity index (χ0) is 14.3. The van der Waals surface area contributed by atoms with Crippen molar-refractivity contribution < 1.29 is 0 Å². The molecule has 0 saturated heterocycles. The fourth-order valence-electron chi connectivity index (χ4n) is 1.97. The highest BCUT2D eigenvalue weighted by Crippen LogP contribution is 2.17. The lowest BCUT2D eigenvalue weighted by Gasteiger charge is -2.06. The second-order valence-corrected chi connectivity index (χ2v) is 4.74. The van der Waals surface area contributed by atoms with Gasteiger partial charge in [-0.15, -0.1) is 0 Å². The first-order valence-electron chi connectivity index (χ1n) is 5.80. The van der Waals surface area contributed by atoms with Crippen LogP contribution in [0, 0.1) is 0 Å². The van der Waals surface area contributed by atoms with E-state index in [1.54, 1.807) is 16.7 Å². The molecular weight excluding hydrogens is 280 g/mol. The van der Waals surface area contributed by atoms with Crippen molar-refractivity contribution in [3.63, 3.8) is 0 Å². The highest BCUT2D eigenvalue weighted by Gasteiger charge is 2.13. The van der Waals surface area contributed by atoms with Gasteiger partial charge in [0.25, 0.3) is 5.56 Å². The predicted molar refractivity (Wildman–Crippen MR) is 77.5 cm³/mol. The van der Waals surface area contributed by atoms with Crippen molar-refractivity contribution in [1.82, 2.24) is 19.5 Å². The summed E-state index contributed by atoms with van der Waals surface area (Å²) in [6.45, 7) is 0.426. The number of hydrogen-bond donors (Lipinski definition) is 3. The van der Waals surface area contributed by atoms with Gasteiger partial charge in [-0.25, -0.2) is 4.98 Å². The van der Waals surface area contributed by atoms with Gasteiger partial charge in [0.05, 0.1) is 6.54 Å². The van der Waals surface area contributed by atoms with Crippen LogP contribution in [0.5, 0.6) is 0 Å². The van der Waals surface area contributed by atoms with Gasteiger partial charge in [0.15, 0.2) is 11.2 Å². The number of nitrogens with one attached hydrogen (secondary N) is 1. The number of halogens is 1. The molecule has 2 heterocycles. The van der Waals surface area contributed by atoms with Gasteiger partial charge in [-0.05, 0) is 17.7 Å². The van der Waals surface area contributed by atoms with Crippen molar-refractivity contribution in [2.45, 2.75) is 6.54 Å². The maximum atomic E-state index is 11.7. The molecule has 0 atom stereocenters. The molecule has 7 nitrogen and oxygen atoms in total. The molecule has 0 radical (unpaired) electrons. The Bertz CT molecular complexity index is 836. The number of aromatic amines is 1. The van der Waals surface area contributed by atoms with Crippen molar-refractivity contribution in [1.29, 1.82) is 0 Å². The zero-order valence-electron chi connectivity index (χ0n) is 10.3. The van der Waals surface area contributed by atoms with Crippen LogP contribution < -0.4 is 17.0 Å². The fraction of sp³-hybridized carbons (Fsp3) is 0.0833. The number of nitrogens with zero attached hydrogens (tertiary/aromatic N) is 3. The average Bonchev–Trinajstić information content (AvgIpc) is 2.70. The summed E-state index contributed by atoms with van der Waals surface area (Å²) < 4.78 is 1.63. The summed E-state index contributed by atoms with van der Waals surface area (Å²) >= 11 is 5.84. The van der Waals surface area contributed by atoms with E-state index in [1.165, 1.54) is 0 Å². The Hall–Kier alpha value is -2.54. The summed E-state index contributed by atoms with van der Waals surface area (Å²) in [5, 5.41) is 0.649. The molecular formula is C12H11ClN6O. The van der Waals surface area contributed by atoms with Gasteiger partial charge in [0.2, 0.25) is 11.9 Å². The summed E-state index contributed by atoms with van der Waals surface area (Å²) in [5.41, 5.74) is 12.5. The molecule has 0 bridgehead atoms. The maximum Gasteiger partial charge on any atom is 0.280 e. The third-order valence-corrected chi connectivity index (χ3v) is 3.16. The number of imidazole rings is 1. The van der Waals surface area contributed by atoms with Crippen molar-refractivity contribution in [2.75, 3.05) is 11.5 Å². The number of nitrogen functional groups attached to an aromatic ring is 2. The van der Waals surface area contributed by atoms with Crippen LogP contribution in [-0.2, 0) is 6.54 Å². The Morgan fingerprint density at radius 2 is 1.90 bits per heavy atom. The number of benzene rings is 1. The van der Waals surface area contributed by atoms with Gasteiger partial charge in [0, 0.05) is 5.02 Å². The van der Waals surface area contributed by atoms with Gasteiger partial charge in [-0.2, -0.15) is 4.98 Å². The topological polar surface area (TPSA) is 116 Å². The Morgan fingerprint density at radius 3 is 2.60 bits per heavy atom. The first-order chi connectivity index (χ1) is 9.54. The quantitative estimate of drug-likeness (QED) is 0.651. The molecule has 1 aromatic carbocycles. The Balaban J connectivity index is 2.13. The van der Waals surface area contributed by atoms with Gasteiger partial charge in [-0.3, -0.25) is 14.3 Å². The van der Waals surface area contributed by atoms with Crippen molar-refractivity contribution in [3.8, 4) is 0 Å². The summed E-state index contributed by atoms with van der Waals surface area (Å²) in [6.07, 6.45) is 0. The Morgan fingerprint density at radius 1 is 1.20 bits per heavy atom. The summed E-state index contributed by atoms with van der Waals surface area (Å²) in [6, 6.07) is 7.29. The number of nitrogens with two attached hydrogens (primary N) is 2. The highest BCUT2D eigenvalue weighted by molar-refractivity contribution is 6.30. The smallest absolute Gasteiger partial charge is 0.280 e. The molecule has 0 saturated carbocycles. The molecule has 2 aromatic heterocycles. The van der Waals surface area contributed by atoms with E-state index < -0.39 is 5.56 Å². The van der Waals surface area contributed by atoms with Crippen molar-refractivity contribution in [2.24, 2.45) is 0 Å². The van der Waals surface area contributed by atoms with Crippen LogP contribution in [0.25, 0.3) is 11.2 Å². The van der Waals surface area contributed by atoms with E-state index in [-0.39, 0.29) is 17.4 Å². The summed E-state index contributed by atoms with van der Waals surface area (Å²) in [5.74, 6) is 0.235. The lowest BCUT2D eigenvalue weighted by atomic mass is 10.2. The molecule has 3 aromatic rings. The van der Waals surface area contributed by atoms with Gasteiger partial charge in [-0.1, -0.05) is 23.7 Å². The standard InChI is InChI=1S/C12H11ClN6O/c13-7-3-1-6(2-4-7)5-19-9-8(16-12(19)15)10(20)18-11(14)17-9/h1-4H,5H2,(H2,15,16)(H3,14,17,18,20). The van der Waals surface area contributed by atoms with Crippen LogP contribution >= 0.6 is 11.6 Å². The molecule has 0 amide bonds. The lowest BCUT2D eigenvalue weighted by molar-refractivity contribution is 0.827.